The molecule has 0 spiro atoms. The van der Waals surface area contributed by atoms with E-state index in [2.05, 4.69) is 17.1 Å². The molecule has 0 fully saturated rings. The van der Waals surface area contributed by atoms with Gasteiger partial charge in [-0.05, 0) is 30.2 Å². The Kier molecular flexibility index (Phi) is 4.48. The lowest BCUT2D eigenvalue weighted by molar-refractivity contribution is 0.650. The van der Waals surface area contributed by atoms with Gasteiger partial charge in [-0.25, -0.2) is 14.2 Å². The van der Waals surface area contributed by atoms with E-state index < -0.39 is 0 Å². The number of hydrogen-bond donors (Lipinski definition) is 0. The molecule has 0 unspecified atom stereocenters. The normalized spacial score (nSPS) is 11.1. The largest absolute Gasteiger partial charge is 0.268 e. The molecule has 2 aromatic heterocycles. The molecule has 0 aliphatic heterocycles. The van der Waals surface area contributed by atoms with Crippen LogP contribution in [0.4, 0.5) is 0 Å². The van der Waals surface area contributed by atoms with Crippen LogP contribution in [-0.4, -0.2) is 19.3 Å². The van der Waals surface area contributed by atoms with Crippen molar-refractivity contribution in [1.82, 2.24) is 19.3 Å². The Bertz CT molecular complexity index is 1390. The number of fused-ring (bicyclic) bond motifs is 1. The number of para-hydroxylation sites is 1. The zero-order valence-electron chi connectivity index (χ0n) is 16.6. The molecule has 0 amide bonds. The molecule has 5 heteroatoms. The monoisotopic (exact) mass is 392 g/mol. The number of aryl methyl sites for hydroxylation is 1. The van der Waals surface area contributed by atoms with E-state index in [4.69, 9.17) is 5.10 Å². The third kappa shape index (κ3) is 3.10. The van der Waals surface area contributed by atoms with Gasteiger partial charge in [0.25, 0.3) is 5.56 Å². The van der Waals surface area contributed by atoms with E-state index >= 15 is 0 Å². The summed E-state index contributed by atoms with van der Waals surface area (Å²) in [7, 11) is 0. The molecule has 2 heterocycles. The van der Waals surface area contributed by atoms with E-state index in [0.29, 0.717) is 17.4 Å². The highest BCUT2D eigenvalue weighted by Gasteiger charge is 2.20. The number of benzene rings is 3. The summed E-state index contributed by atoms with van der Waals surface area (Å²) in [5.41, 5.74) is 4.52. The van der Waals surface area contributed by atoms with Gasteiger partial charge in [-0.15, -0.1) is 0 Å². The van der Waals surface area contributed by atoms with E-state index in [1.54, 1.807) is 10.9 Å². The van der Waals surface area contributed by atoms with Gasteiger partial charge in [0.15, 0.2) is 0 Å². The van der Waals surface area contributed by atoms with Crippen LogP contribution in [0.2, 0.25) is 0 Å². The second-order valence-corrected chi connectivity index (χ2v) is 7.23. The van der Waals surface area contributed by atoms with Crippen molar-refractivity contribution in [3.05, 3.63) is 113 Å². The Hall–Kier alpha value is -3.99. The zero-order valence-corrected chi connectivity index (χ0v) is 16.6. The fourth-order valence-electron chi connectivity index (χ4n) is 3.84. The standard InChI is InChI=1S/C25H20N4O/c1-18-23(20-12-6-3-7-13-20)24(29(27-18)16-19-10-4-2-5-11-19)28-17-26-22-15-9-8-14-21(22)25(28)30/h2-15,17H,16H2,1H3. The summed E-state index contributed by atoms with van der Waals surface area (Å²) in [6, 6.07) is 27.6. The fraction of sp³-hybridized carbons (Fsp3) is 0.0800. The van der Waals surface area contributed by atoms with E-state index in [-0.39, 0.29) is 5.56 Å². The minimum absolute atomic E-state index is 0.105. The summed E-state index contributed by atoms with van der Waals surface area (Å²) >= 11 is 0. The molecular formula is C25H20N4O. The first-order valence-corrected chi connectivity index (χ1v) is 9.86. The average molecular weight is 392 g/mol. The summed E-state index contributed by atoms with van der Waals surface area (Å²) < 4.78 is 3.51. The van der Waals surface area contributed by atoms with Gasteiger partial charge >= 0.3 is 0 Å². The van der Waals surface area contributed by atoms with Crippen molar-refractivity contribution in [2.24, 2.45) is 0 Å². The minimum Gasteiger partial charge on any atom is -0.268 e. The highest BCUT2D eigenvalue weighted by Crippen LogP contribution is 2.30. The Balaban J connectivity index is 1.79. The lowest BCUT2D eigenvalue weighted by Crippen LogP contribution is -2.22. The van der Waals surface area contributed by atoms with E-state index in [1.807, 2.05) is 84.4 Å². The predicted molar refractivity (Wildman–Crippen MR) is 119 cm³/mol. The Morgan fingerprint density at radius 3 is 2.27 bits per heavy atom. The summed E-state index contributed by atoms with van der Waals surface area (Å²) in [6.45, 7) is 2.54. The van der Waals surface area contributed by atoms with E-state index in [1.165, 1.54) is 0 Å². The van der Waals surface area contributed by atoms with Crippen LogP contribution < -0.4 is 5.56 Å². The lowest BCUT2D eigenvalue weighted by Gasteiger charge is -2.13. The van der Waals surface area contributed by atoms with Gasteiger partial charge in [0.1, 0.15) is 12.1 Å². The average Bonchev–Trinajstić information content (AvgIpc) is 3.11. The maximum atomic E-state index is 13.4. The van der Waals surface area contributed by atoms with Crippen molar-refractivity contribution in [2.75, 3.05) is 0 Å². The predicted octanol–water partition coefficient (Wildman–Crippen LogP) is 4.61. The summed E-state index contributed by atoms with van der Waals surface area (Å²) in [6.07, 6.45) is 1.61. The topological polar surface area (TPSA) is 52.7 Å². The highest BCUT2D eigenvalue weighted by atomic mass is 16.1. The number of rotatable bonds is 4. The minimum atomic E-state index is -0.105. The van der Waals surface area contributed by atoms with Crippen molar-refractivity contribution in [1.29, 1.82) is 0 Å². The van der Waals surface area contributed by atoms with Crippen molar-refractivity contribution < 1.29 is 0 Å². The van der Waals surface area contributed by atoms with E-state index in [0.717, 1.165) is 28.2 Å². The number of nitrogens with zero attached hydrogens (tertiary/aromatic N) is 4. The molecule has 0 saturated carbocycles. The van der Waals surface area contributed by atoms with Crippen LogP contribution in [0.1, 0.15) is 11.3 Å². The second-order valence-electron chi connectivity index (χ2n) is 7.23. The molecule has 30 heavy (non-hydrogen) atoms. The Morgan fingerprint density at radius 1 is 0.833 bits per heavy atom. The molecule has 0 N–H and O–H groups in total. The maximum absolute atomic E-state index is 13.4. The molecule has 0 aliphatic rings. The van der Waals surface area contributed by atoms with Gasteiger partial charge in [0.2, 0.25) is 0 Å². The molecule has 0 aliphatic carbocycles. The van der Waals surface area contributed by atoms with Crippen LogP contribution in [-0.2, 0) is 6.54 Å². The zero-order chi connectivity index (χ0) is 20.5. The van der Waals surface area contributed by atoms with Gasteiger partial charge in [-0.3, -0.25) is 4.79 Å². The van der Waals surface area contributed by atoms with Crippen LogP contribution in [0.5, 0.6) is 0 Å². The van der Waals surface area contributed by atoms with Crippen molar-refractivity contribution in [2.45, 2.75) is 13.5 Å². The molecule has 0 atom stereocenters. The molecule has 0 radical (unpaired) electrons. The molecule has 0 saturated heterocycles. The van der Waals surface area contributed by atoms with Crippen LogP contribution in [0.25, 0.3) is 27.8 Å². The van der Waals surface area contributed by atoms with Crippen molar-refractivity contribution in [3.8, 4) is 16.9 Å². The second kappa shape index (κ2) is 7.44. The summed E-state index contributed by atoms with van der Waals surface area (Å²) in [4.78, 5) is 17.9. The third-order valence-electron chi connectivity index (χ3n) is 5.23. The number of aromatic nitrogens is 4. The van der Waals surface area contributed by atoms with Crippen LogP contribution in [0, 0.1) is 6.92 Å². The molecule has 3 aromatic carbocycles. The van der Waals surface area contributed by atoms with Crippen LogP contribution in [0.3, 0.4) is 0 Å². The first-order valence-electron chi connectivity index (χ1n) is 9.86. The molecule has 0 bridgehead atoms. The Labute approximate surface area is 173 Å². The summed E-state index contributed by atoms with van der Waals surface area (Å²) in [5, 5.41) is 5.40. The summed E-state index contributed by atoms with van der Waals surface area (Å²) in [5.74, 6) is 0.728. The molecule has 5 nitrogen and oxygen atoms in total. The highest BCUT2D eigenvalue weighted by molar-refractivity contribution is 5.79. The van der Waals surface area contributed by atoms with Crippen molar-refractivity contribution in [3.63, 3.8) is 0 Å². The van der Waals surface area contributed by atoms with Gasteiger partial charge in [-0.1, -0.05) is 72.8 Å². The lowest BCUT2D eigenvalue weighted by atomic mass is 10.1. The molecule has 5 aromatic rings. The smallest absolute Gasteiger partial charge is 0.266 e. The van der Waals surface area contributed by atoms with Crippen molar-refractivity contribution >= 4 is 10.9 Å². The first-order chi connectivity index (χ1) is 14.7. The number of hydrogen-bond acceptors (Lipinski definition) is 3. The third-order valence-corrected chi connectivity index (χ3v) is 5.23. The van der Waals surface area contributed by atoms with Gasteiger partial charge in [0.05, 0.1) is 23.1 Å². The molecule has 146 valence electrons. The Morgan fingerprint density at radius 2 is 1.50 bits per heavy atom. The van der Waals surface area contributed by atoms with E-state index in [9.17, 15) is 4.79 Å². The van der Waals surface area contributed by atoms with Crippen LogP contribution in [0.15, 0.2) is 96.1 Å². The SMILES string of the molecule is Cc1nn(Cc2ccccc2)c(-n2cnc3ccccc3c2=O)c1-c1ccccc1. The first kappa shape index (κ1) is 18.1. The van der Waals surface area contributed by atoms with Gasteiger partial charge in [0, 0.05) is 5.56 Å². The maximum Gasteiger partial charge on any atom is 0.266 e. The van der Waals surface area contributed by atoms with Gasteiger partial charge in [-0.2, -0.15) is 5.10 Å². The molecule has 5 rings (SSSR count). The van der Waals surface area contributed by atoms with Crippen LogP contribution >= 0.6 is 0 Å². The molecular weight excluding hydrogens is 372 g/mol. The quantitative estimate of drug-likeness (QED) is 0.449. The fourth-order valence-corrected chi connectivity index (χ4v) is 3.84. The van der Waals surface area contributed by atoms with Gasteiger partial charge < -0.3 is 0 Å².